The highest BCUT2D eigenvalue weighted by Crippen LogP contribution is 2.42. The number of hydrogen-bond acceptors (Lipinski definition) is 4. The number of fused-ring (bicyclic) bond motifs is 1. The number of pyridine rings is 1. The third-order valence-corrected chi connectivity index (χ3v) is 5.78. The van der Waals surface area contributed by atoms with Crippen molar-refractivity contribution in [3.63, 3.8) is 0 Å². The monoisotopic (exact) mass is 430 g/mol. The second kappa shape index (κ2) is 7.89. The Morgan fingerprint density at radius 2 is 2.11 bits per heavy atom. The van der Waals surface area contributed by atoms with Gasteiger partial charge in [-0.05, 0) is 45.3 Å². The van der Waals surface area contributed by atoms with Gasteiger partial charge >= 0.3 is 5.97 Å². The lowest BCUT2D eigenvalue weighted by molar-refractivity contribution is 0.0695. The lowest BCUT2D eigenvalue weighted by Gasteiger charge is -2.21. The average Bonchev–Trinajstić information content (AvgIpc) is 3.38. The molecule has 9 heteroatoms. The van der Waals surface area contributed by atoms with Crippen LogP contribution in [0.1, 0.15) is 42.1 Å². The summed E-state index contributed by atoms with van der Waals surface area (Å²) in [6, 6.07) is 1.29. The number of likely N-dealkylation sites (tertiary alicyclic amines) is 1. The van der Waals surface area contributed by atoms with Crippen molar-refractivity contribution in [2.24, 2.45) is 0 Å². The molecule has 2 aliphatic rings. The first-order valence-corrected chi connectivity index (χ1v) is 9.39. The van der Waals surface area contributed by atoms with Crippen molar-refractivity contribution in [2.75, 3.05) is 20.2 Å². The van der Waals surface area contributed by atoms with E-state index in [0.29, 0.717) is 12.1 Å². The third kappa shape index (κ3) is 3.58. The summed E-state index contributed by atoms with van der Waals surface area (Å²) in [5.41, 5.74) is -0.784. The molecule has 1 unspecified atom stereocenters. The van der Waals surface area contributed by atoms with Crippen molar-refractivity contribution in [2.45, 2.75) is 37.8 Å². The van der Waals surface area contributed by atoms with E-state index in [0.717, 1.165) is 38.3 Å². The van der Waals surface area contributed by atoms with Gasteiger partial charge in [-0.3, -0.25) is 4.79 Å². The Morgan fingerprint density at radius 3 is 2.68 bits per heavy atom. The van der Waals surface area contributed by atoms with Gasteiger partial charge in [0, 0.05) is 18.3 Å². The number of carbonyl (C=O) groups is 1. The minimum Gasteiger partial charge on any atom is -0.487 e. The van der Waals surface area contributed by atoms with Gasteiger partial charge in [0.2, 0.25) is 5.43 Å². The third-order valence-electron chi connectivity index (χ3n) is 5.43. The summed E-state index contributed by atoms with van der Waals surface area (Å²) in [5, 5.41) is 9.29. The lowest BCUT2D eigenvalue weighted by atomic mass is 10.1. The zero-order valence-electron chi connectivity index (χ0n) is 15.3. The zero-order valence-corrected chi connectivity index (χ0v) is 16.9. The van der Waals surface area contributed by atoms with E-state index in [4.69, 9.17) is 16.3 Å². The van der Waals surface area contributed by atoms with Gasteiger partial charge < -0.3 is 19.3 Å². The summed E-state index contributed by atoms with van der Waals surface area (Å²) in [6.07, 6.45) is 5.06. The molecule has 2 aromatic rings. The van der Waals surface area contributed by atoms with Crippen molar-refractivity contribution in [1.82, 2.24) is 9.47 Å². The van der Waals surface area contributed by atoms with Crippen LogP contribution in [-0.2, 0) is 0 Å². The molecule has 1 saturated carbocycles. The van der Waals surface area contributed by atoms with Crippen LogP contribution < -0.4 is 10.2 Å². The first-order chi connectivity index (χ1) is 12.9. The Hall–Kier alpha value is -1.83. The predicted molar refractivity (Wildman–Crippen MR) is 107 cm³/mol. The molecular formula is C19H21Cl2FN2O4. The molecule has 0 amide bonds. The van der Waals surface area contributed by atoms with E-state index >= 15 is 0 Å². The summed E-state index contributed by atoms with van der Waals surface area (Å²) < 4.78 is 22.1. The Balaban J connectivity index is 0.00000225. The first kappa shape index (κ1) is 20.9. The lowest BCUT2D eigenvalue weighted by Crippen LogP contribution is -2.30. The quantitative estimate of drug-likeness (QED) is 0.782. The molecule has 0 radical (unpaired) electrons. The second-order valence-corrected chi connectivity index (χ2v) is 7.68. The van der Waals surface area contributed by atoms with Crippen LogP contribution in [0.4, 0.5) is 4.39 Å². The van der Waals surface area contributed by atoms with E-state index in [1.807, 2.05) is 7.05 Å². The Morgan fingerprint density at radius 1 is 1.39 bits per heavy atom. The molecule has 152 valence electrons. The molecule has 1 aliphatic carbocycles. The SMILES string of the molecule is CN1CCCC1COc1c(F)cc2c(=O)c(C(=O)O)cn(C3CC3)c2c1Cl.Cl. The highest BCUT2D eigenvalue weighted by Gasteiger charge is 2.30. The number of aromatic carboxylic acids is 1. The molecule has 0 spiro atoms. The number of carboxylic acid groups (broad SMARTS) is 1. The number of rotatable bonds is 5. The van der Waals surface area contributed by atoms with E-state index in [9.17, 15) is 19.1 Å². The van der Waals surface area contributed by atoms with E-state index in [1.54, 1.807) is 4.57 Å². The topological polar surface area (TPSA) is 71.8 Å². The van der Waals surface area contributed by atoms with Gasteiger partial charge in [0.25, 0.3) is 0 Å². The van der Waals surface area contributed by atoms with E-state index in [1.165, 1.54) is 6.20 Å². The van der Waals surface area contributed by atoms with Gasteiger partial charge in [-0.15, -0.1) is 12.4 Å². The van der Waals surface area contributed by atoms with E-state index < -0.39 is 17.2 Å². The summed E-state index contributed by atoms with van der Waals surface area (Å²) >= 11 is 6.46. The summed E-state index contributed by atoms with van der Waals surface area (Å²) in [5.74, 6) is -2.17. The Bertz CT molecular complexity index is 990. The molecule has 4 rings (SSSR count). The summed E-state index contributed by atoms with van der Waals surface area (Å²) in [4.78, 5) is 26.1. The Kier molecular flexibility index (Phi) is 5.89. The van der Waals surface area contributed by atoms with Crippen LogP contribution in [0, 0.1) is 5.82 Å². The fourth-order valence-electron chi connectivity index (χ4n) is 3.72. The zero-order chi connectivity index (χ0) is 19.3. The summed E-state index contributed by atoms with van der Waals surface area (Å²) in [6.45, 7) is 1.28. The van der Waals surface area contributed by atoms with Gasteiger partial charge in [-0.25, -0.2) is 9.18 Å². The fraction of sp³-hybridized carbons (Fsp3) is 0.474. The molecule has 28 heavy (non-hydrogen) atoms. The number of carboxylic acids is 1. The molecular weight excluding hydrogens is 410 g/mol. The number of benzene rings is 1. The molecule has 0 bridgehead atoms. The molecule has 1 N–H and O–H groups in total. The smallest absolute Gasteiger partial charge is 0.341 e. The normalized spacial score (nSPS) is 19.6. The molecule has 1 atom stereocenters. The number of hydrogen-bond donors (Lipinski definition) is 1. The first-order valence-electron chi connectivity index (χ1n) is 9.01. The molecule has 2 heterocycles. The highest BCUT2D eigenvalue weighted by atomic mass is 35.5. The Labute approximate surface area is 172 Å². The van der Waals surface area contributed by atoms with Gasteiger partial charge in [-0.2, -0.15) is 0 Å². The molecule has 1 saturated heterocycles. The van der Waals surface area contributed by atoms with Crippen molar-refractivity contribution >= 4 is 40.9 Å². The minimum atomic E-state index is -1.34. The van der Waals surface area contributed by atoms with Crippen LogP contribution in [0.3, 0.4) is 0 Å². The van der Waals surface area contributed by atoms with Crippen molar-refractivity contribution in [3.8, 4) is 5.75 Å². The molecule has 2 fully saturated rings. The standard InChI is InChI=1S/C19H20ClFN2O4.ClH/c1-22-6-2-3-11(22)9-27-18-14(21)7-12-16(15(18)20)23(10-4-5-10)8-13(17(12)24)19(25)26;/h7-8,10-11H,2-6,9H2,1H3,(H,25,26);1H. The number of nitrogens with zero attached hydrogens (tertiary/aromatic N) is 2. The predicted octanol–water partition coefficient (Wildman–Crippen LogP) is 3.72. The average molecular weight is 431 g/mol. The van der Waals surface area contributed by atoms with Crippen LogP contribution in [0.25, 0.3) is 10.9 Å². The van der Waals surface area contributed by atoms with E-state index in [-0.39, 0.29) is 46.2 Å². The van der Waals surface area contributed by atoms with Crippen molar-refractivity contribution < 1.29 is 19.0 Å². The maximum atomic E-state index is 14.7. The van der Waals surface area contributed by atoms with Gasteiger partial charge in [0.15, 0.2) is 11.6 Å². The van der Waals surface area contributed by atoms with Crippen LogP contribution >= 0.6 is 24.0 Å². The largest absolute Gasteiger partial charge is 0.487 e. The van der Waals surface area contributed by atoms with E-state index in [2.05, 4.69) is 4.90 Å². The van der Waals surface area contributed by atoms with Gasteiger partial charge in [0.1, 0.15) is 17.2 Å². The van der Waals surface area contributed by atoms with Crippen LogP contribution in [0.15, 0.2) is 17.1 Å². The second-order valence-electron chi connectivity index (χ2n) is 7.30. The van der Waals surface area contributed by atoms with Crippen LogP contribution in [0.5, 0.6) is 5.75 Å². The maximum Gasteiger partial charge on any atom is 0.341 e. The molecule has 6 nitrogen and oxygen atoms in total. The van der Waals surface area contributed by atoms with Gasteiger partial charge in [0.05, 0.1) is 10.9 Å². The number of halogens is 3. The van der Waals surface area contributed by atoms with Gasteiger partial charge in [-0.1, -0.05) is 11.6 Å². The molecule has 1 aliphatic heterocycles. The van der Waals surface area contributed by atoms with Crippen LogP contribution in [0.2, 0.25) is 5.02 Å². The summed E-state index contributed by atoms with van der Waals surface area (Å²) in [7, 11) is 2.00. The fourth-order valence-corrected chi connectivity index (χ4v) is 4.06. The van der Waals surface area contributed by atoms with Crippen molar-refractivity contribution in [1.29, 1.82) is 0 Å². The molecule has 1 aromatic heterocycles. The minimum absolute atomic E-state index is 0. The highest BCUT2D eigenvalue weighted by molar-refractivity contribution is 6.36. The number of likely N-dealkylation sites (N-methyl/N-ethyl adjacent to an activating group) is 1. The number of ether oxygens (including phenoxy) is 1. The number of aromatic nitrogens is 1. The maximum absolute atomic E-state index is 14.7. The van der Waals surface area contributed by atoms with Crippen LogP contribution in [-0.4, -0.2) is 46.8 Å². The molecule has 1 aromatic carbocycles. The van der Waals surface area contributed by atoms with Crippen molar-refractivity contribution in [3.05, 3.63) is 38.9 Å².